The van der Waals surface area contributed by atoms with Crippen molar-refractivity contribution in [3.8, 4) is 0 Å². The van der Waals surface area contributed by atoms with Crippen LogP contribution in [0.15, 0.2) is 0 Å². The van der Waals surface area contributed by atoms with Crippen molar-refractivity contribution in [1.82, 2.24) is 0 Å². The van der Waals surface area contributed by atoms with Crippen LogP contribution in [0.5, 0.6) is 0 Å². The molecule has 8 atom stereocenters. The highest BCUT2D eigenvalue weighted by molar-refractivity contribution is 7.97. The maximum absolute atomic E-state index is 10.7. The molecular formula is C40H80O8S4. The third-order valence-electron chi connectivity index (χ3n) is 9.54. The summed E-state index contributed by atoms with van der Waals surface area (Å²) in [6.45, 7) is 17.0. The Balaban J connectivity index is -0.000000295. The maximum atomic E-state index is 10.7. The second kappa shape index (κ2) is 40.3. The molecule has 0 aliphatic carbocycles. The van der Waals surface area contributed by atoms with Crippen molar-refractivity contribution < 1.29 is 39.6 Å². The lowest BCUT2D eigenvalue weighted by Gasteiger charge is -2.16. The van der Waals surface area contributed by atoms with Gasteiger partial charge in [0, 0.05) is 0 Å². The van der Waals surface area contributed by atoms with Crippen LogP contribution in [0, 0.1) is 23.7 Å². The predicted molar refractivity (Wildman–Crippen MR) is 233 cm³/mol. The summed E-state index contributed by atoms with van der Waals surface area (Å²) in [6.07, 6.45) is 18.9. The third-order valence-corrected chi connectivity index (χ3v) is 11.0. The number of thiol groups is 4. The molecule has 0 saturated heterocycles. The van der Waals surface area contributed by atoms with E-state index >= 15 is 0 Å². The van der Waals surface area contributed by atoms with Gasteiger partial charge in [0.15, 0.2) is 0 Å². The molecule has 0 aromatic heterocycles. The molecule has 0 bridgehead atoms. The van der Waals surface area contributed by atoms with Crippen molar-refractivity contribution in [2.75, 3.05) is 0 Å². The number of carbonyl (C=O) groups excluding carboxylic acids is 2. The zero-order chi connectivity index (χ0) is 41.1. The molecule has 0 aromatic rings. The zero-order valence-electron chi connectivity index (χ0n) is 34.0. The molecular weight excluding hydrogens is 737 g/mol. The second-order valence-corrected chi connectivity index (χ2v) is 16.2. The number of rotatable bonds is 28. The number of carboxylic acids is 2. The molecule has 0 aliphatic rings. The molecule has 12 heteroatoms. The van der Waals surface area contributed by atoms with Gasteiger partial charge in [0.2, 0.25) is 10.2 Å². The molecule has 0 aliphatic heterocycles. The van der Waals surface area contributed by atoms with Gasteiger partial charge in [-0.3, -0.25) is 19.2 Å². The van der Waals surface area contributed by atoms with Gasteiger partial charge in [-0.1, -0.05) is 158 Å². The van der Waals surface area contributed by atoms with E-state index in [-0.39, 0.29) is 0 Å². The lowest BCUT2D eigenvalue weighted by atomic mass is 9.93. The highest BCUT2D eigenvalue weighted by atomic mass is 32.1. The average molecular weight is 817 g/mol. The quantitative estimate of drug-likeness (QED) is 0.0364. The summed E-state index contributed by atoms with van der Waals surface area (Å²) in [6, 6.07) is 0. The Kier molecular flexibility index (Phi) is 45.2. The largest absolute Gasteiger partial charge is 0.480 e. The van der Waals surface area contributed by atoms with Crippen molar-refractivity contribution in [2.45, 2.75) is 207 Å². The highest BCUT2D eigenvalue weighted by Crippen LogP contribution is 2.23. The van der Waals surface area contributed by atoms with Crippen molar-refractivity contribution in [3.05, 3.63) is 0 Å². The van der Waals surface area contributed by atoms with E-state index in [0.29, 0.717) is 49.4 Å². The molecule has 0 aromatic carbocycles. The van der Waals surface area contributed by atoms with E-state index < -0.39 is 44.9 Å². The number of aliphatic hydroxyl groups excluding tert-OH is 2. The van der Waals surface area contributed by atoms with Gasteiger partial charge in [0.1, 0.15) is 12.2 Å². The fourth-order valence-electron chi connectivity index (χ4n) is 5.59. The Morgan fingerprint density at radius 3 is 0.808 bits per heavy atom. The van der Waals surface area contributed by atoms with E-state index in [1.165, 1.54) is 51.4 Å². The first-order valence-corrected chi connectivity index (χ1v) is 22.0. The summed E-state index contributed by atoms with van der Waals surface area (Å²) < 4.78 is 0. The number of carbonyl (C=O) groups is 4. The fourth-order valence-corrected chi connectivity index (χ4v) is 6.40. The summed E-state index contributed by atoms with van der Waals surface area (Å²) in [7, 11) is 0. The van der Waals surface area contributed by atoms with E-state index in [1.54, 1.807) is 0 Å². The van der Waals surface area contributed by atoms with Crippen molar-refractivity contribution in [2.24, 2.45) is 23.7 Å². The van der Waals surface area contributed by atoms with Gasteiger partial charge in [-0.15, -0.1) is 25.3 Å². The van der Waals surface area contributed by atoms with Crippen LogP contribution >= 0.6 is 50.5 Å². The summed E-state index contributed by atoms with van der Waals surface area (Å²) in [5.74, 6) is 0.394. The molecule has 8 unspecified atom stereocenters. The first kappa shape index (κ1) is 58.3. The molecule has 0 spiro atoms. The van der Waals surface area contributed by atoms with Crippen molar-refractivity contribution >= 4 is 72.7 Å². The number of unbranched alkanes of at least 4 members (excludes halogenated alkanes) is 4. The Hall–Kier alpha value is -0.400. The van der Waals surface area contributed by atoms with Gasteiger partial charge in [-0.05, 0) is 49.4 Å². The van der Waals surface area contributed by atoms with E-state index in [4.69, 9.17) is 10.2 Å². The summed E-state index contributed by atoms with van der Waals surface area (Å²) in [5.41, 5.74) is 0. The first-order chi connectivity index (χ1) is 24.5. The van der Waals surface area contributed by atoms with Crippen molar-refractivity contribution in [3.63, 3.8) is 0 Å². The number of aliphatic hydroxyl groups is 2. The van der Waals surface area contributed by atoms with Gasteiger partial charge in [-0.2, -0.15) is 25.3 Å². The molecule has 0 radical (unpaired) electrons. The predicted octanol–water partition coefficient (Wildman–Crippen LogP) is 10.8. The topological polar surface area (TPSA) is 149 Å². The molecule has 0 saturated carbocycles. The highest BCUT2D eigenvalue weighted by Gasteiger charge is 2.19. The summed E-state index contributed by atoms with van der Waals surface area (Å²) >= 11 is 15.3. The lowest BCUT2D eigenvalue weighted by Crippen LogP contribution is -2.19. The summed E-state index contributed by atoms with van der Waals surface area (Å²) in [4.78, 5) is 42.5. The molecule has 52 heavy (non-hydrogen) atoms. The molecule has 312 valence electrons. The molecule has 4 N–H and O–H groups in total. The van der Waals surface area contributed by atoms with E-state index in [0.717, 1.165) is 51.4 Å². The lowest BCUT2D eigenvalue weighted by molar-refractivity contribution is -0.137. The number of aliphatic carboxylic acids is 2. The number of carboxylic acid groups (broad SMARTS) is 2. The molecule has 0 amide bonds. The van der Waals surface area contributed by atoms with E-state index in [9.17, 15) is 29.4 Å². The minimum absolute atomic E-state index is 0.407. The minimum atomic E-state index is -0.870. The smallest absolute Gasteiger partial charge is 0.316 e. The zero-order valence-corrected chi connectivity index (χ0v) is 37.5. The first-order valence-electron chi connectivity index (χ1n) is 20.1. The Morgan fingerprint density at radius 2 is 0.654 bits per heavy atom. The van der Waals surface area contributed by atoms with Crippen LogP contribution in [0.25, 0.3) is 0 Å². The second-order valence-electron chi connectivity index (χ2n) is 14.0. The fraction of sp³-hybridized carbons (Fsp3) is 0.900. The Bertz CT molecular complexity index is 727. The molecule has 0 heterocycles. The Morgan fingerprint density at radius 1 is 0.442 bits per heavy atom. The SMILES string of the molecule is CCCCC(CC)CC(O)C(=O)S.CCCCC(CC)CC(O)C(=O)S.CCCCC(CC)CC(S)C(=O)O.CCCCC(CC)CC(S)C(=O)O. The molecule has 8 nitrogen and oxygen atoms in total. The van der Waals surface area contributed by atoms with Gasteiger partial charge >= 0.3 is 11.9 Å². The van der Waals surface area contributed by atoms with Gasteiger partial charge in [0.05, 0.1) is 10.5 Å². The van der Waals surface area contributed by atoms with E-state index in [2.05, 4.69) is 106 Å². The normalized spacial score (nSPS) is 15.3. The monoisotopic (exact) mass is 816 g/mol. The van der Waals surface area contributed by atoms with E-state index in [1.807, 2.05) is 0 Å². The van der Waals surface area contributed by atoms with Crippen LogP contribution < -0.4 is 0 Å². The average Bonchev–Trinajstić information content (AvgIpc) is 3.11. The van der Waals surface area contributed by atoms with Crippen LogP contribution in [0.2, 0.25) is 0 Å². The van der Waals surface area contributed by atoms with Crippen LogP contribution in [-0.4, -0.2) is 65.3 Å². The standard InChI is InChI=1S/4C10H20O2S/c2*1-3-5-6-8(4-2)7-9(13)10(11)12;2*1-3-5-6-8(4-2)7-9(11)10(12)13/h2*8-9,13H,3-7H2,1-2H3,(H,11,12);2*8-9,11H,3-7H2,1-2H3,(H,12,13). The minimum Gasteiger partial charge on any atom is -0.480 e. The van der Waals surface area contributed by atoms with Crippen LogP contribution in [0.1, 0.15) is 184 Å². The third kappa shape index (κ3) is 37.9. The van der Waals surface area contributed by atoms with Gasteiger partial charge < -0.3 is 20.4 Å². The number of hydrogen-bond acceptors (Lipinski definition) is 8. The number of hydrogen-bond donors (Lipinski definition) is 8. The van der Waals surface area contributed by atoms with Crippen LogP contribution in [-0.2, 0) is 19.2 Å². The van der Waals surface area contributed by atoms with Crippen LogP contribution in [0.3, 0.4) is 0 Å². The van der Waals surface area contributed by atoms with Gasteiger partial charge in [-0.25, -0.2) is 0 Å². The van der Waals surface area contributed by atoms with Gasteiger partial charge in [0.25, 0.3) is 0 Å². The molecule has 0 fully saturated rings. The maximum Gasteiger partial charge on any atom is 0.316 e. The molecule has 0 rings (SSSR count). The summed E-state index contributed by atoms with van der Waals surface area (Å²) in [5, 5.41) is 34.2. The van der Waals surface area contributed by atoms with Crippen molar-refractivity contribution in [1.29, 1.82) is 0 Å². The Labute approximate surface area is 340 Å². The van der Waals surface area contributed by atoms with Crippen LogP contribution in [0.4, 0.5) is 0 Å².